The zero-order valence-corrected chi connectivity index (χ0v) is 10.8. The second kappa shape index (κ2) is 5.74. The number of aliphatic hydroxyl groups excluding tert-OH is 2. The maximum Gasteiger partial charge on any atom is 0.338 e. The second-order valence-corrected chi connectivity index (χ2v) is 4.37. The number of aromatic nitrogens is 1. The molecule has 0 aliphatic carbocycles. The highest BCUT2D eigenvalue weighted by Crippen LogP contribution is 2.26. The summed E-state index contributed by atoms with van der Waals surface area (Å²) < 4.78 is 4.71. The number of aromatic amines is 1. The van der Waals surface area contributed by atoms with Crippen molar-refractivity contribution in [3.8, 4) is 6.07 Å². The van der Waals surface area contributed by atoms with Crippen LogP contribution in [-0.2, 0) is 4.74 Å². The number of H-pyrrole nitrogens is 1. The zero-order valence-electron chi connectivity index (χ0n) is 10.8. The number of esters is 1. The van der Waals surface area contributed by atoms with Gasteiger partial charge in [-0.2, -0.15) is 5.26 Å². The molecule has 0 fully saturated rings. The first-order valence-corrected chi connectivity index (χ1v) is 6.01. The first-order chi connectivity index (χ1) is 9.58. The van der Waals surface area contributed by atoms with Crippen LogP contribution in [0.4, 0.5) is 0 Å². The van der Waals surface area contributed by atoms with E-state index in [0.717, 1.165) is 0 Å². The number of rotatable bonds is 4. The number of hydrogen-bond donors (Lipinski definition) is 3. The smallest absolute Gasteiger partial charge is 0.338 e. The minimum Gasteiger partial charge on any atom is -0.465 e. The summed E-state index contributed by atoms with van der Waals surface area (Å²) in [6.45, 7) is 0. The van der Waals surface area contributed by atoms with Gasteiger partial charge in [0.25, 0.3) is 0 Å². The number of aliphatic hydroxyl groups is 2. The lowest BCUT2D eigenvalue weighted by Crippen LogP contribution is -2.18. The molecule has 0 aliphatic heterocycles. The molecule has 104 valence electrons. The molecule has 3 N–H and O–H groups in total. The highest BCUT2D eigenvalue weighted by atomic mass is 16.5. The number of carbonyl (C=O) groups is 1. The van der Waals surface area contributed by atoms with Gasteiger partial charge in [0.15, 0.2) is 0 Å². The molecule has 1 heterocycles. The van der Waals surface area contributed by atoms with Gasteiger partial charge in [0.2, 0.25) is 0 Å². The van der Waals surface area contributed by atoms with Crippen LogP contribution in [0.25, 0.3) is 10.9 Å². The van der Waals surface area contributed by atoms with E-state index >= 15 is 0 Å². The molecule has 2 unspecified atom stereocenters. The summed E-state index contributed by atoms with van der Waals surface area (Å²) in [4.78, 5) is 14.7. The van der Waals surface area contributed by atoms with Crippen LogP contribution < -0.4 is 0 Å². The van der Waals surface area contributed by atoms with E-state index in [9.17, 15) is 15.0 Å². The summed E-state index contributed by atoms with van der Waals surface area (Å²) in [5, 5.41) is 28.9. The molecule has 6 heteroatoms. The third-order valence-electron chi connectivity index (χ3n) is 3.10. The number of benzene rings is 1. The van der Waals surface area contributed by atoms with Crippen molar-refractivity contribution in [2.45, 2.75) is 18.6 Å². The maximum absolute atomic E-state index is 11.8. The van der Waals surface area contributed by atoms with Gasteiger partial charge in [-0.3, -0.25) is 0 Å². The summed E-state index contributed by atoms with van der Waals surface area (Å²) in [7, 11) is 1.27. The summed E-state index contributed by atoms with van der Waals surface area (Å²) in [5.41, 5.74) is 1.29. The normalized spacial score (nSPS) is 13.7. The van der Waals surface area contributed by atoms with E-state index in [1.165, 1.54) is 13.2 Å². The van der Waals surface area contributed by atoms with E-state index in [4.69, 9.17) is 10.00 Å². The molecule has 0 spiro atoms. The van der Waals surface area contributed by atoms with E-state index in [1.54, 1.807) is 24.4 Å². The van der Waals surface area contributed by atoms with Gasteiger partial charge in [-0.25, -0.2) is 4.79 Å². The molecule has 0 saturated heterocycles. The predicted octanol–water partition coefficient (Wildman–Crippen LogP) is 1.26. The molecule has 0 amide bonds. The van der Waals surface area contributed by atoms with E-state index in [-0.39, 0.29) is 6.42 Å². The van der Waals surface area contributed by atoms with Crippen molar-refractivity contribution in [3.63, 3.8) is 0 Å². The second-order valence-electron chi connectivity index (χ2n) is 4.37. The Morgan fingerprint density at radius 2 is 2.25 bits per heavy atom. The Balaban J connectivity index is 2.50. The van der Waals surface area contributed by atoms with Crippen LogP contribution in [0, 0.1) is 11.3 Å². The molecule has 0 bridgehead atoms. The third kappa shape index (κ3) is 2.50. The lowest BCUT2D eigenvalue weighted by Gasteiger charge is -2.16. The number of carbonyl (C=O) groups excluding carboxylic acids is 1. The lowest BCUT2D eigenvalue weighted by molar-refractivity contribution is 0.0216. The molecule has 2 atom stereocenters. The Labute approximate surface area is 115 Å². The monoisotopic (exact) mass is 274 g/mol. The topological polar surface area (TPSA) is 106 Å². The molecule has 2 rings (SSSR count). The number of methoxy groups -OCH3 is 1. The van der Waals surface area contributed by atoms with Crippen molar-refractivity contribution >= 4 is 16.9 Å². The van der Waals surface area contributed by atoms with Crippen molar-refractivity contribution in [2.24, 2.45) is 0 Å². The van der Waals surface area contributed by atoms with E-state index < -0.39 is 18.2 Å². The Bertz CT molecular complexity index is 671. The number of nitrogens with one attached hydrogen (secondary N) is 1. The fraction of sp³-hybridized carbons (Fsp3) is 0.286. The molecule has 20 heavy (non-hydrogen) atoms. The van der Waals surface area contributed by atoms with Crippen LogP contribution in [-0.4, -0.2) is 34.4 Å². The Morgan fingerprint density at radius 3 is 2.90 bits per heavy atom. The fourth-order valence-corrected chi connectivity index (χ4v) is 2.07. The first kappa shape index (κ1) is 14.1. The lowest BCUT2D eigenvalue weighted by atomic mass is 9.98. The first-order valence-electron chi connectivity index (χ1n) is 6.01. The molecule has 1 aromatic carbocycles. The molecular formula is C14H14N2O4. The van der Waals surface area contributed by atoms with Crippen molar-refractivity contribution in [2.75, 3.05) is 7.11 Å². The largest absolute Gasteiger partial charge is 0.465 e. The summed E-state index contributed by atoms with van der Waals surface area (Å²) in [6.07, 6.45) is -0.986. The molecule has 6 nitrogen and oxygen atoms in total. The minimum atomic E-state index is -1.24. The van der Waals surface area contributed by atoms with E-state index in [1.807, 2.05) is 0 Å². The van der Waals surface area contributed by atoms with Gasteiger partial charge >= 0.3 is 5.97 Å². The molecule has 0 aliphatic rings. The standard InChI is InChI=1S/C14H14N2O4/c1-20-14(19)10-6-8(13(18)12(17)2-4-15)7-11-9(10)3-5-16-11/h3,5-7,12-13,16-18H,2H2,1H3. The summed E-state index contributed by atoms with van der Waals surface area (Å²) >= 11 is 0. The zero-order chi connectivity index (χ0) is 14.7. The van der Waals surface area contributed by atoms with Crippen LogP contribution in [0.1, 0.15) is 28.4 Å². The quantitative estimate of drug-likeness (QED) is 0.728. The number of nitrogens with zero attached hydrogens (tertiary/aromatic N) is 1. The average molecular weight is 274 g/mol. The SMILES string of the molecule is COC(=O)c1cc(C(O)C(O)CC#N)cc2[nH]ccc12. The van der Waals surface area contributed by atoms with Crippen LogP contribution in [0.5, 0.6) is 0 Å². The van der Waals surface area contributed by atoms with Crippen molar-refractivity contribution < 1.29 is 19.7 Å². The van der Waals surface area contributed by atoms with Gasteiger partial charge in [0, 0.05) is 17.1 Å². The number of nitriles is 1. The van der Waals surface area contributed by atoms with Gasteiger partial charge in [0.1, 0.15) is 6.10 Å². The number of ether oxygens (including phenoxy) is 1. The van der Waals surface area contributed by atoms with Gasteiger partial charge in [-0.15, -0.1) is 0 Å². The van der Waals surface area contributed by atoms with Gasteiger partial charge in [-0.1, -0.05) is 0 Å². The highest BCUT2D eigenvalue weighted by molar-refractivity contribution is 6.04. The highest BCUT2D eigenvalue weighted by Gasteiger charge is 2.21. The van der Waals surface area contributed by atoms with Crippen LogP contribution in [0.15, 0.2) is 24.4 Å². The maximum atomic E-state index is 11.8. The third-order valence-corrected chi connectivity index (χ3v) is 3.10. The van der Waals surface area contributed by atoms with E-state index in [0.29, 0.717) is 22.0 Å². The van der Waals surface area contributed by atoms with Gasteiger partial charge in [-0.05, 0) is 23.8 Å². The van der Waals surface area contributed by atoms with Crippen LogP contribution >= 0.6 is 0 Å². The van der Waals surface area contributed by atoms with Gasteiger partial charge in [0.05, 0.1) is 31.3 Å². The fourth-order valence-electron chi connectivity index (χ4n) is 2.07. The van der Waals surface area contributed by atoms with Crippen molar-refractivity contribution in [1.29, 1.82) is 5.26 Å². The van der Waals surface area contributed by atoms with Gasteiger partial charge < -0.3 is 19.9 Å². The summed E-state index contributed by atoms with van der Waals surface area (Å²) in [5.74, 6) is -0.529. The molecule has 2 aromatic rings. The molecule has 0 radical (unpaired) electrons. The van der Waals surface area contributed by atoms with Crippen LogP contribution in [0.3, 0.4) is 0 Å². The number of fused-ring (bicyclic) bond motifs is 1. The van der Waals surface area contributed by atoms with Crippen molar-refractivity contribution in [3.05, 3.63) is 35.5 Å². The Kier molecular flexibility index (Phi) is 4.03. The van der Waals surface area contributed by atoms with Crippen molar-refractivity contribution in [1.82, 2.24) is 4.98 Å². The predicted molar refractivity (Wildman–Crippen MR) is 70.8 cm³/mol. The average Bonchev–Trinajstić information content (AvgIpc) is 2.93. The minimum absolute atomic E-state index is 0.197. The summed E-state index contributed by atoms with van der Waals surface area (Å²) in [6, 6.07) is 6.61. The molecule has 0 saturated carbocycles. The molecule has 1 aromatic heterocycles. The molecular weight excluding hydrogens is 260 g/mol. The van der Waals surface area contributed by atoms with Crippen LogP contribution in [0.2, 0.25) is 0 Å². The Hall–Kier alpha value is -2.36. The number of hydrogen-bond acceptors (Lipinski definition) is 5. The Morgan fingerprint density at radius 1 is 1.50 bits per heavy atom. The van der Waals surface area contributed by atoms with E-state index in [2.05, 4.69) is 4.98 Å².